The summed E-state index contributed by atoms with van der Waals surface area (Å²) in [6, 6.07) is 6.95. The number of likely N-dealkylation sites (N-methyl/N-ethyl adjacent to an activating group) is 1. The number of amides is 3. The summed E-state index contributed by atoms with van der Waals surface area (Å²) in [5.41, 5.74) is 1.05. The molecule has 0 unspecified atom stereocenters. The lowest BCUT2D eigenvalue weighted by Crippen LogP contribution is -2.26. The molecule has 26 heavy (non-hydrogen) atoms. The molecule has 1 fully saturated rings. The van der Waals surface area contributed by atoms with E-state index in [0.29, 0.717) is 11.3 Å². The summed E-state index contributed by atoms with van der Waals surface area (Å²) in [6.07, 6.45) is 3.42. The van der Waals surface area contributed by atoms with E-state index in [1.165, 1.54) is 15.8 Å². The minimum absolute atomic E-state index is 0.00407. The standard InChI is InChI=1S/C17H20N6O3/c1-22(2)15(24)10-23-9-14(20-21-23)17(26)19-13-5-3-4-11(8-13)16(25)18-12-6-7-12/h3-5,8-9,12H,6-7,10H2,1-2H3,(H,18,25)(H,19,26). The number of nitrogens with one attached hydrogen (secondary N) is 2. The van der Waals surface area contributed by atoms with Crippen LogP contribution in [0.25, 0.3) is 0 Å². The fraction of sp³-hybridized carbons (Fsp3) is 0.353. The smallest absolute Gasteiger partial charge is 0.277 e. The quantitative estimate of drug-likeness (QED) is 0.784. The summed E-state index contributed by atoms with van der Waals surface area (Å²) >= 11 is 0. The summed E-state index contributed by atoms with van der Waals surface area (Å²) in [7, 11) is 3.28. The average molecular weight is 356 g/mol. The van der Waals surface area contributed by atoms with E-state index < -0.39 is 5.91 Å². The van der Waals surface area contributed by atoms with Gasteiger partial charge in [-0.3, -0.25) is 14.4 Å². The van der Waals surface area contributed by atoms with Gasteiger partial charge in [-0.1, -0.05) is 11.3 Å². The number of hydrogen-bond acceptors (Lipinski definition) is 5. The average Bonchev–Trinajstić information content (AvgIpc) is 3.29. The van der Waals surface area contributed by atoms with E-state index in [9.17, 15) is 14.4 Å². The lowest BCUT2D eigenvalue weighted by atomic mass is 10.2. The van der Waals surface area contributed by atoms with Crippen LogP contribution in [0.15, 0.2) is 30.5 Å². The number of anilines is 1. The molecule has 1 saturated carbocycles. The second-order valence-corrected chi connectivity index (χ2v) is 6.37. The third kappa shape index (κ3) is 4.44. The van der Waals surface area contributed by atoms with Gasteiger partial charge in [0.1, 0.15) is 6.54 Å². The number of nitrogens with zero attached hydrogens (tertiary/aromatic N) is 4. The van der Waals surface area contributed by atoms with Crippen LogP contribution in [0.3, 0.4) is 0 Å². The molecule has 3 amide bonds. The lowest BCUT2D eigenvalue weighted by Gasteiger charge is -2.08. The van der Waals surface area contributed by atoms with Crippen molar-refractivity contribution in [3.05, 3.63) is 41.7 Å². The number of aromatic nitrogens is 3. The summed E-state index contributed by atoms with van der Waals surface area (Å²) in [5, 5.41) is 13.1. The zero-order valence-electron chi connectivity index (χ0n) is 14.6. The highest BCUT2D eigenvalue weighted by Gasteiger charge is 2.24. The molecule has 0 atom stereocenters. The summed E-state index contributed by atoms with van der Waals surface area (Å²) in [6.45, 7) is 0.00407. The summed E-state index contributed by atoms with van der Waals surface area (Å²) in [4.78, 5) is 37.5. The van der Waals surface area contributed by atoms with Crippen molar-refractivity contribution in [1.29, 1.82) is 0 Å². The van der Waals surface area contributed by atoms with Gasteiger partial charge in [0.25, 0.3) is 11.8 Å². The molecular weight excluding hydrogens is 336 g/mol. The van der Waals surface area contributed by atoms with E-state index in [2.05, 4.69) is 20.9 Å². The Morgan fingerprint density at radius 2 is 2.00 bits per heavy atom. The maximum atomic E-state index is 12.3. The molecule has 2 aromatic rings. The minimum atomic E-state index is -0.465. The number of carbonyl (C=O) groups is 3. The Kier molecular flexibility index (Phi) is 4.97. The van der Waals surface area contributed by atoms with Crippen molar-refractivity contribution < 1.29 is 14.4 Å². The van der Waals surface area contributed by atoms with Crippen LogP contribution in [0.2, 0.25) is 0 Å². The monoisotopic (exact) mass is 356 g/mol. The molecule has 3 rings (SSSR count). The van der Waals surface area contributed by atoms with E-state index in [-0.39, 0.29) is 30.1 Å². The lowest BCUT2D eigenvalue weighted by molar-refractivity contribution is -0.129. The first-order valence-corrected chi connectivity index (χ1v) is 8.25. The van der Waals surface area contributed by atoms with E-state index >= 15 is 0 Å². The molecule has 0 radical (unpaired) electrons. The summed E-state index contributed by atoms with van der Waals surface area (Å²) < 4.78 is 1.30. The molecule has 0 bridgehead atoms. The second kappa shape index (κ2) is 7.34. The Balaban J connectivity index is 1.63. The molecule has 1 aromatic heterocycles. The second-order valence-electron chi connectivity index (χ2n) is 6.37. The van der Waals surface area contributed by atoms with Gasteiger partial charge < -0.3 is 15.5 Å². The van der Waals surface area contributed by atoms with E-state index in [4.69, 9.17) is 0 Å². The Hall–Kier alpha value is -3.23. The predicted octanol–water partition coefficient (Wildman–Crippen LogP) is 0.511. The van der Waals surface area contributed by atoms with Crippen LogP contribution < -0.4 is 10.6 Å². The Bertz CT molecular complexity index is 841. The molecule has 1 aromatic carbocycles. The van der Waals surface area contributed by atoms with Gasteiger partial charge in [-0.25, -0.2) is 4.68 Å². The Morgan fingerprint density at radius 3 is 2.69 bits per heavy atom. The number of rotatable bonds is 6. The van der Waals surface area contributed by atoms with Gasteiger partial charge in [-0.2, -0.15) is 0 Å². The van der Waals surface area contributed by atoms with Crippen LogP contribution in [-0.4, -0.2) is 57.8 Å². The van der Waals surface area contributed by atoms with Gasteiger partial charge in [0.2, 0.25) is 5.91 Å². The molecule has 136 valence electrons. The van der Waals surface area contributed by atoms with E-state index in [0.717, 1.165) is 12.8 Å². The third-order valence-corrected chi connectivity index (χ3v) is 3.86. The normalized spacial score (nSPS) is 13.2. The number of carbonyl (C=O) groups excluding carboxylic acids is 3. The predicted molar refractivity (Wildman–Crippen MR) is 93.6 cm³/mol. The fourth-order valence-corrected chi connectivity index (χ4v) is 2.19. The highest BCUT2D eigenvalue weighted by atomic mass is 16.2. The van der Waals surface area contributed by atoms with Gasteiger partial charge in [0.15, 0.2) is 5.69 Å². The largest absolute Gasteiger partial charge is 0.349 e. The van der Waals surface area contributed by atoms with Crippen LogP contribution >= 0.6 is 0 Å². The van der Waals surface area contributed by atoms with Crippen molar-refractivity contribution in [2.24, 2.45) is 0 Å². The highest BCUT2D eigenvalue weighted by Crippen LogP contribution is 2.20. The van der Waals surface area contributed by atoms with Gasteiger partial charge in [-0.05, 0) is 31.0 Å². The Labute approximate surface area is 150 Å². The van der Waals surface area contributed by atoms with Gasteiger partial charge in [-0.15, -0.1) is 5.10 Å². The zero-order chi connectivity index (χ0) is 18.7. The molecule has 9 heteroatoms. The van der Waals surface area contributed by atoms with Crippen LogP contribution in [-0.2, 0) is 11.3 Å². The maximum Gasteiger partial charge on any atom is 0.277 e. The molecule has 1 aliphatic carbocycles. The third-order valence-electron chi connectivity index (χ3n) is 3.86. The number of benzene rings is 1. The van der Waals surface area contributed by atoms with Crippen LogP contribution in [0.5, 0.6) is 0 Å². The summed E-state index contributed by atoms with van der Waals surface area (Å²) in [5.74, 6) is -0.777. The van der Waals surface area contributed by atoms with Crippen molar-refractivity contribution in [3.63, 3.8) is 0 Å². The van der Waals surface area contributed by atoms with E-state index in [1.807, 2.05) is 0 Å². The molecule has 1 aliphatic rings. The van der Waals surface area contributed by atoms with Gasteiger partial charge >= 0.3 is 0 Å². The highest BCUT2D eigenvalue weighted by molar-refractivity contribution is 6.03. The first-order chi connectivity index (χ1) is 12.4. The van der Waals surface area contributed by atoms with Crippen molar-refractivity contribution in [3.8, 4) is 0 Å². The van der Waals surface area contributed by atoms with Crippen molar-refractivity contribution in [2.75, 3.05) is 19.4 Å². The SMILES string of the molecule is CN(C)C(=O)Cn1cc(C(=O)Nc2cccc(C(=O)NC3CC3)c2)nn1. The molecule has 0 saturated heterocycles. The van der Waals surface area contributed by atoms with Crippen molar-refractivity contribution in [2.45, 2.75) is 25.4 Å². The van der Waals surface area contributed by atoms with Crippen LogP contribution in [0.4, 0.5) is 5.69 Å². The molecule has 9 nitrogen and oxygen atoms in total. The molecule has 1 heterocycles. The molecule has 0 spiro atoms. The van der Waals surface area contributed by atoms with Crippen molar-refractivity contribution in [1.82, 2.24) is 25.2 Å². The molecular formula is C17H20N6O3. The fourth-order valence-electron chi connectivity index (χ4n) is 2.19. The van der Waals surface area contributed by atoms with Crippen LogP contribution in [0, 0.1) is 0 Å². The maximum absolute atomic E-state index is 12.3. The molecule has 2 N–H and O–H groups in total. The first-order valence-electron chi connectivity index (χ1n) is 8.25. The van der Waals surface area contributed by atoms with Gasteiger partial charge in [0.05, 0.1) is 6.20 Å². The van der Waals surface area contributed by atoms with Crippen LogP contribution in [0.1, 0.15) is 33.7 Å². The number of hydrogen-bond donors (Lipinski definition) is 2. The zero-order valence-corrected chi connectivity index (χ0v) is 14.6. The van der Waals surface area contributed by atoms with E-state index in [1.54, 1.807) is 38.4 Å². The Morgan fingerprint density at radius 1 is 1.23 bits per heavy atom. The first kappa shape index (κ1) is 17.6. The van der Waals surface area contributed by atoms with Crippen molar-refractivity contribution >= 4 is 23.4 Å². The topological polar surface area (TPSA) is 109 Å². The van der Waals surface area contributed by atoms with Gasteiger partial charge in [0, 0.05) is 31.4 Å². The minimum Gasteiger partial charge on any atom is -0.349 e. The molecule has 0 aliphatic heterocycles.